The summed E-state index contributed by atoms with van der Waals surface area (Å²) in [5.41, 5.74) is 5.34. The standard InChI is InChI=1S/C9H18N2OS/c1-13-8-3-6-11(7-4-8)9(12)2-5-10/h8H,2-7,10H2,1H3. The van der Waals surface area contributed by atoms with E-state index in [4.69, 9.17) is 5.73 Å². The zero-order chi connectivity index (χ0) is 9.68. The minimum absolute atomic E-state index is 0.224. The van der Waals surface area contributed by atoms with Crippen molar-refractivity contribution in [2.45, 2.75) is 24.5 Å². The van der Waals surface area contributed by atoms with Crippen LogP contribution in [0.3, 0.4) is 0 Å². The van der Waals surface area contributed by atoms with E-state index in [-0.39, 0.29) is 5.91 Å². The Kier molecular flexibility index (Phi) is 4.59. The summed E-state index contributed by atoms with van der Waals surface area (Å²) in [6, 6.07) is 0. The van der Waals surface area contributed by atoms with Gasteiger partial charge in [0.1, 0.15) is 0 Å². The molecule has 0 aromatic heterocycles. The second kappa shape index (κ2) is 5.50. The number of nitrogens with zero attached hydrogens (tertiary/aromatic N) is 1. The maximum atomic E-state index is 11.4. The molecule has 0 radical (unpaired) electrons. The molecule has 1 heterocycles. The van der Waals surface area contributed by atoms with Gasteiger partial charge in [0.15, 0.2) is 0 Å². The molecule has 0 aromatic rings. The first kappa shape index (κ1) is 10.9. The molecule has 0 saturated carbocycles. The van der Waals surface area contributed by atoms with Crippen LogP contribution in [0.1, 0.15) is 19.3 Å². The Labute approximate surface area is 84.0 Å². The molecule has 1 saturated heterocycles. The molecule has 1 aliphatic heterocycles. The molecule has 0 atom stereocenters. The van der Waals surface area contributed by atoms with Gasteiger partial charge in [-0.25, -0.2) is 0 Å². The normalized spacial score (nSPS) is 19.1. The van der Waals surface area contributed by atoms with Crippen molar-refractivity contribution < 1.29 is 4.79 Å². The summed E-state index contributed by atoms with van der Waals surface area (Å²) >= 11 is 1.91. The fraction of sp³-hybridized carbons (Fsp3) is 0.889. The van der Waals surface area contributed by atoms with Gasteiger partial charge in [0, 0.05) is 31.3 Å². The van der Waals surface area contributed by atoms with E-state index in [2.05, 4.69) is 6.26 Å². The van der Waals surface area contributed by atoms with Crippen LogP contribution in [0.4, 0.5) is 0 Å². The van der Waals surface area contributed by atoms with E-state index in [0.717, 1.165) is 31.2 Å². The predicted octanol–water partition coefficient (Wildman–Crippen LogP) is 0.689. The first-order valence-electron chi connectivity index (χ1n) is 4.78. The molecule has 2 N–H and O–H groups in total. The zero-order valence-electron chi connectivity index (χ0n) is 8.16. The van der Waals surface area contributed by atoms with Crippen LogP contribution in [0.5, 0.6) is 0 Å². The third kappa shape index (κ3) is 3.19. The van der Waals surface area contributed by atoms with Crippen molar-refractivity contribution in [3.05, 3.63) is 0 Å². The maximum absolute atomic E-state index is 11.4. The van der Waals surface area contributed by atoms with Gasteiger partial charge in [0.25, 0.3) is 0 Å². The number of carbonyl (C=O) groups excluding carboxylic acids is 1. The van der Waals surface area contributed by atoms with E-state index in [0.29, 0.717) is 13.0 Å². The Morgan fingerprint density at radius 3 is 2.62 bits per heavy atom. The van der Waals surface area contributed by atoms with Crippen molar-refractivity contribution in [3.8, 4) is 0 Å². The molecule has 1 amide bonds. The maximum Gasteiger partial charge on any atom is 0.223 e. The number of hydrogen-bond donors (Lipinski definition) is 1. The highest BCUT2D eigenvalue weighted by Crippen LogP contribution is 2.20. The molecule has 3 nitrogen and oxygen atoms in total. The van der Waals surface area contributed by atoms with Gasteiger partial charge in [-0.2, -0.15) is 11.8 Å². The van der Waals surface area contributed by atoms with Gasteiger partial charge in [-0.3, -0.25) is 4.79 Å². The number of thioether (sulfide) groups is 1. The number of hydrogen-bond acceptors (Lipinski definition) is 3. The third-order valence-corrected chi connectivity index (χ3v) is 3.62. The molecule has 0 spiro atoms. The average Bonchev–Trinajstić information content (AvgIpc) is 2.18. The number of nitrogens with two attached hydrogens (primary N) is 1. The lowest BCUT2D eigenvalue weighted by molar-refractivity contribution is -0.131. The van der Waals surface area contributed by atoms with Gasteiger partial charge in [-0.05, 0) is 19.1 Å². The van der Waals surface area contributed by atoms with E-state index in [1.54, 1.807) is 0 Å². The summed E-state index contributed by atoms with van der Waals surface area (Å²) in [4.78, 5) is 13.4. The molecule has 0 aromatic carbocycles. The van der Waals surface area contributed by atoms with Gasteiger partial charge in [0.05, 0.1) is 0 Å². The highest BCUT2D eigenvalue weighted by atomic mass is 32.2. The van der Waals surface area contributed by atoms with Crippen molar-refractivity contribution in [2.75, 3.05) is 25.9 Å². The van der Waals surface area contributed by atoms with Crippen molar-refractivity contribution in [2.24, 2.45) is 5.73 Å². The number of rotatable bonds is 3. The topological polar surface area (TPSA) is 46.3 Å². The molecule has 1 rings (SSSR count). The monoisotopic (exact) mass is 202 g/mol. The minimum Gasteiger partial charge on any atom is -0.343 e. The van der Waals surface area contributed by atoms with Gasteiger partial charge in [-0.15, -0.1) is 0 Å². The molecule has 0 bridgehead atoms. The smallest absolute Gasteiger partial charge is 0.223 e. The van der Waals surface area contributed by atoms with Crippen LogP contribution in [0.15, 0.2) is 0 Å². The van der Waals surface area contributed by atoms with Crippen LogP contribution < -0.4 is 5.73 Å². The highest BCUT2D eigenvalue weighted by Gasteiger charge is 2.21. The van der Waals surface area contributed by atoms with Crippen LogP contribution in [0.2, 0.25) is 0 Å². The first-order valence-corrected chi connectivity index (χ1v) is 6.07. The number of likely N-dealkylation sites (tertiary alicyclic amines) is 1. The Hall–Kier alpha value is -0.220. The largest absolute Gasteiger partial charge is 0.343 e. The van der Waals surface area contributed by atoms with Crippen LogP contribution >= 0.6 is 11.8 Å². The molecule has 1 aliphatic rings. The second-order valence-corrected chi connectivity index (χ2v) is 4.49. The third-order valence-electron chi connectivity index (χ3n) is 2.49. The van der Waals surface area contributed by atoms with E-state index in [1.165, 1.54) is 0 Å². The summed E-state index contributed by atoms with van der Waals surface area (Å²) in [6.45, 7) is 2.32. The van der Waals surface area contributed by atoms with E-state index in [9.17, 15) is 4.79 Å². The van der Waals surface area contributed by atoms with Crippen LogP contribution in [-0.2, 0) is 4.79 Å². The SMILES string of the molecule is CSC1CCN(C(=O)CCN)CC1. The summed E-state index contributed by atoms with van der Waals surface area (Å²) in [6.07, 6.45) is 4.92. The number of piperidine rings is 1. The van der Waals surface area contributed by atoms with Crippen LogP contribution in [0.25, 0.3) is 0 Å². The summed E-state index contributed by atoms with van der Waals surface area (Å²) in [7, 11) is 0. The lowest BCUT2D eigenvalue weighted by Gasteiger charge is -2.31. The quantitative estimate of drug-likeness (QED) is 0.732. The van der Waals surface area contributed by atoms with Crippen LogP contribution in [0, 0.1) is 0 Å². The fourth-order valence-electron chi connectivity index (χ4n) is 1.62. The fourth-order valence-corrected chi connectivity index (χ4v) is 2.30. The Morgan fingerprint density at radius 2 is 2.15 bits per heavy atom. The van der Waals surface area contributed by atoms with Crippen LogP contribution in [-0.4, -0.2) is 41.9 Å². The average molecular weight is 202 g/mol. The molecule has 76 valence electrons. The molecule has 13 heavy (non-hydrogen) atoms. The Morgan fingerprint density at radius 1 is 1.54 bits per heavy atom. The minimum atomic E-state index is 0.224. The molecule has 4 heteroatoms. The van der Waals surface area contributed by atoms with E-state index < -0.39 is 0 Å². The first-order chi connectivity index (χ1) is 6.27. The predicted molar refractivity (Wildman–Crippen MR) is 56.8 cm³/mol. The molecule has 0 aliphatic carbocycles. The highest BCUT2D eigenvalue weighted by molar-refractivity contribution is 7.99. The number of carbonyl (C=O) groups is 1. The van der Waals surface area contributed by atoms with Crippen molar-refractivity contribution in [1.82, 2.24) is 4.90 Å². The second-order valence-electron chi connectivity index (χ2n) is 3.35. The number of amides is 1. The molecule has 0 unspecified atom stereocenters. The van der Waals surface area contributed by atoms with Crippen molar-refractivity contribution >= 4 is 17.7 Å². The van der Waals surface area contributed by atoms with Gasteiger partial charge in [0.2, 0.25) is 5.91 Å². The van der Waals surface area contributed by atoms with E-state index in [1.807, 2.05) is 16.7 Å². The summed E-state index contributed by atoms with van der Waals surface area (Å²) in [5, 5.41) is 0.752. The Balaban J connectivity index is 2.28. The summed E-state index contributed by atoms with van der Waals surface area (Å²) < 4.78 is 0. The van der Waals surface area contributed by atoms with Gasteiger partial charge < -0.3 is 10.6 Å². The lowest BCUT2D eigenvalue weighted by atomic mass is 10.1. The Bertz CT molecular complexity index is 167. The van der Waals surface area contributed by atoms with Gasteiger partial charge in [-0.1, -0.05) is 0 Å². The lowest BCUT2D eigenvalue weighted by Crippen LogP contribution is -2.39. The van der Waals surface area contributed by atoms with E-state index >= 15 is 0 Å². The van der Waals surface area contributed by atoms with Crippen molar-refractivity contribution in [3.63, 3.8) is 0 Å². The zero-order valence-corrected chi connectivity index (χ0v) is 8.98. The molecular formula is C9H18N2OS. The van der Waals surface area contributed by atoms with Crippen molar-refractivity contribution in [1.29, 1.82) is 0 Å². The summed E-state index contributed by atoms with van der Waals surface area (Å²) in [5.74, 6) is 0.224. The van der Waals surface area contributed by atoms with Gasteiger partial charge >= 0.3 is 0 Å². The molecule has 1 fully saturated rings. The molecular weight excluding hydrogens is 184 g/mol.